The van der Waals surface area contributed by atoms with Crippen molar-refractivity contribution in [1.29, 1.82) is 0 Å². The lowest BCUT2D eigenvalue weighted by atomic mass is 9.97. The number of amides is 1. The molecule has 0 aromatic heterocycles. The molecule has 372 valence electrons. The third kappa shape index (κ3) is 25.4. The average molecular weight is 949 g/mol. The molecule has 6 heterocycles. The molecule has 0 radical (unpaired) electrons. The van der Waals surface area contributed by atoms with E-state index in [4.69, 9.17) is 43.0 Å². The van der Waals surface area contributed by atoms with Gasteiger partial charge >= 0.3 is 0 Å². The molecule has 19 N–H and O–H groups in total. The minimum absolute atomic E-state index is 0.0153. The maximum absolute atomic E-state index is 12.0. The maximum atomic E-state index is 12.0. The van der Waals surface area contributed by atoms with Crippen molar-refractivity contribution in [2.75, 3.05) is 170 Å². The van der Waals surface area contributed by atoms with Gasteiger partial charge < -0.3 is 96.1 Å². The Morgan fingerprint density at radius 1 is 0.462 bits per heavy atom. The number of carbonyl (C=O) groups is 1. The lowest BCUT2D eigenvalue weighted by Crippen LogP contribution is -2.68. The van der Waals surface area contributed by atoms with Crippen LogP contribution in [0.3, 0.4) is 0 Å². The molecular weight excluding hydrogens is 861 g/mol. The van der Waals surface area contributed by atoms with Gasteiger partial charge in [-0.25, -0.2) is 0 Å². The van der Waals surface area contributed by atoms with E-state index in [1.807, 2.05) is 0 Å². The first-order valence-corrected chi connectivity index (χ1v) is 24.9. The molecule has 0 unspecified atom stereocenters. The van der Waals surface area contributed by atoms with E-state index in [2.05, 4.69) is 102 Å². The maximum Gasteiger partial charge on any atom is 0.217 e. The van der Waals surface area contributed by atoms with Crippen molar-refractivity contribution in [3.05, 3.63) is 0 Å². The molecule has 6 saturated heterocycles. The van der Waals surface area contributed by atoms with E-state index in [1.165, 1.54) is 0 Å². The topological polar surface area (TPSA) is 248 Å². The number of hydrogen-bond donors (Lipinski definition) is 18. The second-order valence-corrected chi connectivity index (χ2v) is 18.9. The molecule has 19 nitrogen and oxygen atoms in total. The van der Waals surface area contributed by atoms with Crippen LogP contribution in [0.4, 0.5) is 0 Å². The van der Waals surface area contributed by atoms with Crippen molar-refractivity contribution >= 4 is 40.6 Å². The molecule has 4 bridgehead atoms. The lowest BCUT2D eigenvalue weighted by Gasteiger charge is -2.39. The van der Waals surface area contributed by atoms with Crippen LogP contribution in [0.2, 0.25) is 0 Å². The number of carbonyl (C=O) groups excluding carboxylic acids is 1. The predicted octanol–water partition coefficient (Wildman–Crippen LogP) is -5.31. The van der Waals surface area contributed by atoms with Crippen LogP contribution in [0.1, 0.15) is 45.4 Å². The van der Waals surface area contributed by atoms with Crippen molar-refractivity contribution in [1.82, 2.24) is 90.4 Å². The number of nitrogens with two attached hydrogens (primary N) is 1. The molecule has 6 rings (SSSR count). The largest absolute Gasteiger partial charge is 0.363 e. The Balaban J connectivity index is 0.000000347. The zero-order valence-corrected chi connectivity index (χ0v) is 41.2. The average Bonchev–Trinajstić information content (AvgIpc) is 3.27. The predicted molar refractivity (Wildman–Crippen MR) is 276 cm³/mol. The minimum Gasteiger partial charge on any atom is -0.363 e. The number of unbranched alkanes of at least 4 members (excludes halogenated alkanes) is 4. The molecular formula is C44H88N18OS2. The van der Waals surface area contributed by atoms with Gasteiger partial charge in [0.1, 0.15) is 0 Å². The van der Waals surface area contributed by atoms with Crippen molar-refractivity contribution in [2.24, 2.45) is 5.73 Å². The highest BCUT2D eigenvalue weighted by atomic mass is 32.1. The Morgan fingerprint density at radius 2 is 0.708 bits per heavy atom. The van der Waals surface area contributed by atoms with E-state index in [0.717, 1.165) is 189 Å². The summed E-state index contributed by atoms with van der Waals surface area (Å²) in [6, 6.07) is 0. The van der Waals surface area contributed by atoms with Gasteiger partial charge in [-0.3, -0.25) is 4.79 Å². The SMILES string of the molecule is C#CCCCCNC(=S)NC12CNCCNCC(N)(CNCCNC1)CNCCNC2.C#CCCCCNC(=S)NC12CNCCNCC(NC(C)=O)(CNCCNC1)CNCCNC2. The van der Waals surface area contributed by atoms with E-state index in [0.29, 0.717) is 29.9 Å². The molecule has 0 aliphatic carbocycles. The van der Waals surface area contributed by atoms with Crippen LogP contribution < -0.4 is 96.1 Å². The Hall–Kier alpha value is -2.55. The summed E-state index contributed by atoms with van der Waals surface area (Å²) in [5.74, 6) is 5.35. The first-order chi connectivity index (χ1) is 31.6. The number of terminal acetylenes is 2. The monoisotopic (exact) mass is 949 g/mol. The smallest absolute Gasteiger partial charge is 0.217 e. The summed E-state index contributed by atoms with van der Waals surface area (Å²) in [6.07, 6.45) is 16.3. The van der Waals surface area contributed by atoms with E-state index in [1.54, 1.807) is 6.92 Å². The second kappa shape index (κ2) is 33.8. The standard InChI is InChI=1S/C23H45N9OS.C21H43N9S/c1-3-4-5-6-7-30-21(34)32-23-17-27-11-8-24-14-22(31-20(2)33,15-25-9-12-28-18-23)16-26-10-13-29-19-23;1-2-3-4-5-6-29-19(31)30-21-16-26-10-7-23-13-20(22,14-24-8-11-27-17-21)15-25-9-12-28-18-21/h1,24-29H,4-19H2,2H3,(H,31,33)(H2,30,32,34);1,23-28H,3-18,22H2,(H2,29,30,31). The van der Waals surface area contributed by atoms with E-state index >= 15 is 0 Å². The molecule has 65 heavy (non-hydrogen) atoms. The molecule has 0 atom stereocenters. The number of thiocarbonyl (C=S) groups is 2. The fraction of sp³-hybridized carbons (Fsp3) is 0.841. The van der Waals surface area contributed by atoms with E-state index in [9.17, 15) is 4.79 Å². The van der Waals surface area contributed by atoms with Gasteiger partial charge in [-0.15, -0.1) is 24.7 Å². The van der Waals surface area contributed by atoms with Gasteiger partial charge in [0, 0.05) is 190 Å². The fourth-order valence-electron chi connectivity index (χ4n) is 8.22. The highest BCUT2D eigenvalue weighted by molar-refractivity contribution is 7.80. The van der Waals surface area contributed by atoms with Crippen LogP contribution in [-0.2, 0) is 4.79 Å². The van der Waals surface area contributed by atoms with Crippen LogP contribution in [0.25, 0.3) is 0 Å². The summed E-state index contributed by atoms with van der Waals surface area (Å²) in [7, 11) is 0. The van der Waals surface area contributed by atoms with Crippen LogP contribution in [0.15, 0.2) is 0 Å². The molecule has 0 spiro atoms. The van der Waals surface area contributed by atoms with Crippen molar-refractivity contribution in [3.63, 3.8) is 0 Å². The van der Waals surface area contributed by atoms with Gasteiger partial charge in [0.15, 0.2) is 10.2 Å². The normalized spacial score (nSPS) is 28.4. The Bertz CT molecular complexity index is 1330. The van der Waals surface area contributed by atoms with Crippen LogP contribution >= 0.6 is 24.4 Å². The Labute approximate surface area is 402 Å². The summed E-state index contributed by atoms with van der Waals surface area (Å²) in [5.41, 5.74) is 5.44. The molecule has 1 amide bonds. The third-order valence-corrected chi connectivity index (χ3v) is 12.2. The lowest BCUT2D eigenvalue weighted by molar-refractivity contribution is -0.120. The van der Waals surface area contributed by atoms with Gasteiger partial charge in [0.2, 0.25) is 5.91 Å². The number of fused-ring (bicyclic) bond motifs is 30. The summed E-state index contributed by atoms with van der Waals surface area (Å²) >= 11 is 11.3. The van der Waals surface area contributed by atoms with Crippen LogP contribution in [0, 0.1) is 24.7 Å². The van der Waals surface area contributed by atoms with Crippen LogP contribution in [0.5, 0.6) is 0 Å². The minimum atomic E-state index is -0.385. The highest BCUT2D eigenvalue weighted by Gasteiger charge is 2.34. The highest BCUT2D eigenvalue weighted by Crippen LogP contribution is 2.07. The number of nitrogens with one attached hydrogen (secondary N) is 17. The summed E-state index contributed by atoms with van der Waals surface area (Å²) in [4.78, 5) is 12.0. The van der Waals surface area contributed by atoms with Crippen molar-refractivity contribution in [2.45, 2.75) is 67.6 Å². The third-order valence-electron chi connectivity index (χ3n) is 11.7. The van der Waals surface area contributed by atoms with Crippen LogP contribution in [-0.4, -0.2) is 208 Å². The summed E-state index contributed by atoms with van der Waals surface area (Å²) < 4.78 is 0. The van der Waals surface area contributed by atoms with Gasteiger partial charge in [0.05, 0.1) is 22.2 Å². The zero-order valence-electron chi connectivity index (χ0n) is 39.6. The Kier molecular flexibility index (Phi) is 29.6. The molecule has 0 saturated carbocycles. The van der Waals surface area contributed by atoms with Gasteiger partial charge in [-0.2, -0.15) is 0 Å². The molecule has 0 aromatic carbocycles. The molecule has 6 aliphatic rings. The van der Waals surface area contributed by atoms with Crippen molar-refractivity contribution in [3.8, 4) is 24.7 Å². The number of hydrogen-bond acceptors (Lipinski definition) is 16. The molecule has 21 heteroatoms. The zero-order chi connectivity index (χ0) is 46.8. The molecule has 6 fully saturated rings. The quantitative estimate of drug-likeness (QED) is 0.0525. The van der Waals surface area contributed by atoms with Gasteiger partial charge in [0.25, 0.3) is 0 Å². The van der Waals surface area contributed by atoms with E-state index < -0.39 is 0 Å². The Morgan fingerprint density at radius 3 is 0.954 bits per heavy atom. The first-order valence-electron chi connectivity index (χ1n) is 24.1. The molecule has 0 aromatic rings. The van der Waals surface area contributed by atoms with Crippen molar-refractivity contribution < 1.29 is 4.79 Å². The fourth-order valence-corrected chi connectivity index (χ4v) is 8.86. The van der Waals surface area contributed by atoms with Gasteiger partial charge in [-0.1, -0.05) is 0 Å². The van der Waals surface area contributed by atoms with E-state index in [-0.39, 0.29) is 28.1 Å². The summed E-state index contributed by atoms with van der Waals surface area (Å²) in [5, 5.41) is 61.2. The summed E-state index contributed by atoms with van der Waals surface area (Å²) in [6.45, 7) is 22.3. The first kappa shape index (κ1) is 56.8. The second-order valence-electron chi connectivity index (χ2n) is 18.1. The molecule has 6 aliphatic heterocycles. The van der Waals surface area contributed by atoms with Gasteiger partial charge in [-0.05, 0) is 50.1 Å². The number of rotatable bonds is 11.